The molecule has 1 aromatic carbocycles. The third kappa shape index (κ3) is 3.27. The smallest absolute Gasteiger partial charge is 0.161 e. The number of methoxy groups -OCH3 is 1. The van der Waals surface area contributed by atoms with Crippen molar-refractivity contribution in [2.24, 2.45) is 0 Å². The Morgan fingerprint density at radius 2 is 2.18 bits per heavy atom. The maximum absolute atomic E-state index is 13.8. The summed E-state index contributed by atoms with van der Waals surface area (Å²) in [6.45, 7) is 5.06. The van der Waals surface area contributed by atoms with E-state index in [1.54, 1.807) is 19.2 Å². The number of halogens is 1. The largest absolute Gasteiger partial charge is 0.383 e. The van der Waals surface area contributed by atoms with E-state index in [-0.39, 0.29) is 11.6 Å². The van der Waals surface area contributed by atoms with Gasteiger partial charge in [-0.1, -0.05) is 6.07 Å². The molecule has 94 valence electrons. The molecule has 1 rings (SSSR count). The fourth-order valence-corrected chi connectivity index (χ4v) is 1.75. The van der Waals surface area contributed by atoms with Crippen molar-refractivity contribution in [2.45, 2.75) is 13.8 Å². The number of rotatable bonds is 6. The number of hydrogen-bond donors (Lipinski definition) is 0. The van der Waals surface area contributed by atoms with Crippen molar-refractivity contribution >= 4 is 11.5 Å². The van der Waals surface area contributed by atoms with Crippen LogP contribution in [0.1, 0.15) is 24.2 Å². The standard InChI is InChI=1S/C13H18FNO2/c1-4-15(8-9-17-3)13-11(10(2)16)6-5-7-12(13)14/h5-7H,4,8-9H2,1-3H3. The zero-order valence-corrected chi connectivity index (χ0v) is 10.5. The Kier molecular flexibility index (Phi) is 5.10. The van der Waals surface area contributed by atoms with E-state index in [9.17, 15) is 9.18 Å². The highest BCUT2D eigenvalue weighted by Gasteiger charge is 2.17. The van der Waals surface area contributed by atoms with E-state index in [1.807, 2.05) is 11.8 Å². The average molecular weight is 239 g/mol. The molecule has 0 heterocycles. The molecule has 0 spiro atoms. The molecule has 0 bridgehead atoms. The summed E-state index contributed by atoms with van der Waals surface area (Å²) in [5.74, 6) is -0.494. The minimum atomic E-state index is -0.365. The van der Waals surface area contributed by atoms with Crippen LogP contribution in [0.4, 0.5) is 10.1 Å². The lowest BCUT2D eigenvalue weighted by atomic mass is 10.1. The van der Waals surface area contributed by atoms with Crippen LogP contribution >= 0.6 is 0 Å². The number of Topliss-reactive ketones (excluding diaryl/α,β-unsaturated/α-hetero) is 1. The number of carbonyl (C=O) groups excluding carboxylic acids is 1. The van der Waals surface area contributed by atoms with Gasteiger partial charge in [-0.15, -0.1) is 0 Å². The highest BCUT2D eigenvalue weighted by Crippen LogP contribution is 2.24. The monoisotopic (exact) mass is 239 g/mol. The fraction of sp³-hybridized carbons (Fsp3) is 0.462. The lowest BCUT2D eigenvalue weighted by Gasteiger charge is -2.25. The average Bonchev–Trinajstić information content (AvgIpc) is 2.31. The van der Waals surface area contributed by atoms with Gasteiger partial charge in [-0.3, -0.25) is 4.79 Å². The van der Waals surface area contributed by atoms with E-state index in [1.165, 1.54) is 13.0 Å². The van der Waals surface area contributed by atoms with Crippen LogP contribution in [-0.4, -0.2) is 32.6 Å². The first-order valence-electron chi connectivity index (χ1n) is 5.65. The number of anilines is 1. The molecule has 0 atom stereocenters. The molecule has 0 amide bonds. The molecule has 0 radical (unpaired) electrons. The lowest BCUT2D eigenvalue weighted by Crippen LogP contribution is -2.29. The quantitative estimate of drug-likeness (QED) is 0.714. The Labute approximate surface area is 101 Å². The highest BCUT2D eigenvalue weighted by atomic mass is 19.1. The second kappa shape index (κ2) is 6.35. The van der Waals surface area contributed by atoms with Gasteiger partial charge in [-0.2, -0.15) is 0 Å². The normalized spacial score (nSPS) is 10.4. The van der Waals surface area contributed by atoms with Crippen molar-refractivity contribution in [3.8, 4) is 0 Å². The summed E-state index contributed by atoms with van der Waals surface area (Å²) in [6, 6.07) is 4.58. The van der Waals surface area contributed by atoms with Gasteiger partial charge >= 0.3 is 0 Å². The molecule has 0 unspecified atom stereocenters. The first kappa shape index (κ1) is 13.6. The third-order valence-electron chi connectivity index (χ3n) is 2.63. The number of para-hydroxylation sites is 1. The molecule has 17 heavy (non-hydrogen) atoms. The lowest BCUT2D eigenvalue weighted by molar-refractivity contribution is 0.101. The summed E-state index contributed by atoms with van der Waals surface area (Å²) in [5, 5.41) is 0. The van der Waals surface area contributed by atoms with Gasteiger partial charge in [-0.05, 0) is 26.0 Å². The number of carbonyl (C=O) groups is 1. The van der Waals surface area contributed by atoms with Crippen molar-refractivity contribution in [1.82, 2.24) is 0 Å². The maximum atomic E-state index is 13.8. The van der Waals surface area contributed by atoms with E-state index < -0.39 is 0 Å². The Morgan fingerprint density at radius 1 is 1.47 bits per heavy atom. The van der Waals surface area contributed by atoms with E-state index in [4.69, 9.17) is 4.74 Å². The van der Waals surface area contributed by atoms with E-state index >= 15 is 0 Å². The van der Waals surface area contributed by atoms with Crippen LogP contribution in [0.3, 0.4) is 0 Å². The number of ether oxygens (including phenoxy) is 1. The van der Waals surface area contributed by atoms with Crippen LogP contribution in [0.25, 0.3) is 0 Å². The van der Waals surface area contributed by atoms with Crippen molar-refractivity contribution < 1.29 is 13.9 Å². The van der Waals surface area contributed by atoms with E-state index in [2.05, 4.69) is 0 Å². The van der Waals surface area contributed by atoms with Gasteiger partial charge in [0.2, 0.25) is 0 Å². The van der Waals surface area contributed by atoms with E-state index in [0.29, 0.717) is 30.9 Å². The summed E-state index contributed by atoms with van der Waals surface area (Å²) >= 11 is 0. The van der Waals surface area contributed by atoms with Gasteiger partial charge in [0.1, 0.15) is 5.82 Å². The van der Waals surface area contributed by atoms with Crippen LogP contribution in [0.5, 0.6) is 0 Å². The molecule has 0 saturated heterocycles. The molecule has 0 aliphatic carbocycles. The van der Waals surface area contributed by atoms with Gasteiger partial charge < -0.3 is 9.64 Å². The predicted octanol–water partition coefficient (Wildman–Crippen LogP) is 2.50. The van der Waals surface area contributed by atoms with Crippen LogP contribution in [0.15, 0.2) is 18.2 Å². The van der Waals surface area contributed by atoms with Crippen molar-refractivity contribution in [3.63, 3.8) is 0 Å². The maximum Gasteiger partial charge on any atom is 0.161 e. The molecule has 0 aromatic heterocycles. The van der Waals surface area contributed by atoms with Crippen molar-refractivity contribution in [2.75, 3.05) is 31.7 Å². The molecule has 1 aromatic rings. The zero-order chi connectivity index (χ0) is 12.8. The summed E-state index contributed by atoms with van der Waals surface area (Å²) in [6.07, 6.45) is 0. The van der Waals surface area contributed by atoms with Gasteiger partial charge in [-0.25, -0.2) is 4.39 Å². The number of likely N-dealkylation sites (N-methyl/N-ethyl adjacent to an activating group) is 1. The summed E-state index contributed by atoms with van der Waals surface area (Å²) in [4.78, 5) is 13.3. The second-order valence-electron chi connectivity index (χ2n) is 3.76. The van der Waals surface area contributed by atoms with Crippen LogP contribution < -0.4 is 4.90 Å². The summed E-state index contributed by atoms with van der Waals surface area (Å²) in [7, 11) is 1.60. The molecule has 3 nitrogen and oxygen atoms in total. The SMILES string of the molecule is CCN(CCOC)c1c(F)cccc1C(C)=O. The first-order chi connectivity index (χ1) is 8.11. The minimum absolute atomic E-state index is 0.129. The Balaban J connectivity index is 3.11. The predicted molar refractivity (Wildman–Crippen MR) is 66.2 cm³/mol. The minimum Gasteiger partial charge on any atom is -0.383 e. The van der Waals surface area contributed by atoms with Gasteiger partial charge in [0.15, 0.2) is 5.78 Å². The number of hydrogen-bond acceptors (Lipinski definition) is 3. The second-order valence-corrected chi connectivity index (χ2v) is 3.76. The zero-order valence-electron chi connectivity index (χ0n) is 10.5. The van der Waals surface area contributed by atoms with Crippen LogP contribution in [-0.2, 0) is 4.74 Å². The van der Waals surface area contributed by atoms with Gasteiger partial charge in [0, 0.05) is 25.8 Å². The Bertz CT molecular complexity index is 393. The molecule has 0 N–H and O–H groups in total. The van der Waals surface area contributed by atoms with Crippen LogP contribution in [0, 0.1) is 5.82 Å². The molecule has 0 saturated carbocycles. The van der Waals surface area contributed by atoms with Gasteiger partial charge in [0.05, 0.1) is 12.3 Å². The van der Waals surface area contributed by atoms with Crippen molar-refractivity contribution in [3.05, 3.63) is 29.6 Å². The third-order valence-corrected chi connectivity index (χ3v) is 2.63. The van der Waals surface area contributed by atoms with E-state index in [0.717, 1.165) is 0 Å². The first-order valence-corrected chi connectivity index (χ1v) is 5.65. The Morgan fingerprint density at radius 3 is 2.71 bits per heavy atom. The number of nitrogens with zero attached hydrogens (tertiary/aromatic N) is 1. The molecular formula is C13H18FNO2. The molecular weight excluding hydrogens is 221 g/mol. The van der Waals surface area contributed by atoms with Crippen molar-refractivity contribution in [1.29, 1.82) is 0 Å². The molecule has 0 fully saturated rings. The number of ketones is 1. The Hall–Kier alpha value is -1.42. The summed E-state index contributed by atoms with van der Waals surface area (Å²) < 4.78 is 18.8. The molecule has 4 heteroatoms. The highest BCUT2D eigenvalue weighted by molar-refractivity contribution is 5.99. The molecule has 0 aliphatic heterocycles. The summed E-state index contributed by atoms with van der Waals surface area (Å²) in [5.41, 5.74) is 0.794. The van der Waals surface area contributed by atoms with Crippen LogP contribution in [0.2, 0.25) is 0 Å². The fourth-order valence-electron chi connectivity index (χ4n) is 1.75. The van der Waals surface area contributed by atoms with Gasteiger partial charge in [0.25, 0.3) is 0 Å². The molecule has 0 aliphatic rings. The topological polar surface area (TPSA) is 29.5 Å². The number of benzene rings is 1.